The molecule has 0 unspecified atom stereocenters. The van der Waals surface area contributed by atoms with Crippen LogP contribution in [0.2, 0.25) is 0 Å². The van der Waals surface area contributed by atoms with E-state index < -0.39 is 18.0 Å². The van der Waals surface area contributed by atoms with Crippen LogP contribution in [-0.4, -0.2) is 72.1 Å². The van der Waals surface area contributed by atoms with Crippen molar-refractivity contribution < 1.29 is 23.6 Å². The Labute approximate surface area is 196 Å². The molecular formula is C22H28FN7O4. The first-order valence-corrected chi connectivity index (χ1v) is 11.1. The van der Waals surface area contributed by atoms with Gasteiger partial charge in [-0.3, -0.25) is 9.69 Å². The molecule has 0 spiro atoms. The van der Waals surface area contributed by atoms with Crippen LogP contribution in [0, 0.1) is 5.82 Å². The quantitative estimate of drug-likeness (QED) is 0.484. The molecule has 1 aromatic heterocycles. The van der Waals surface area contributed by atoms with Crippen molar-refractivity contribution >= 4 is 29.1 Å². The van der Waals surface area contributed by atoms with Crippen molar-refractivity contribution in [2.45, 2.75) is 38.8 Å². The topological polar surface area (TPSA) is 114 Å². The van der Waals surface area contributed by atoms with E-state index in [0.717, 1.165) is 12.8 Å². The lowest BCUT2D eigenvalue weighted by molar-refractivity contribution is -0.119. The summed E-state index contributed by atoms with van der Waals surface area (Å²) < 4.78 is 22.1. The van der Waals surface area contributed by atoms with Crippen LogP contribution < -0.4 is 15.1 Å². The summed E-state index contributed by atoms with van der Waals surface area (Å²) in [6.07, 6.45) is 2.39. The second-order valence-corrected chi connectivity index (χ2v) is 8.35. The molecule has 3 heterocycles. The number of hydrogen-bond acceptors (Lipinski definition) is 8. The van der Waals surface area contributed by atoms with E-state index in [0.29, 0.717) is 35.9 Å². The number of oxime groups is 1. The van der Waals surface area contributed by atoms with E-state index in [4.69, 9.17) is 9.57 Å². The van der Waals surface area contributed by atoms with E-state index in [2.05, 4.69) is 20.8 Å². The van der Waals surface area contributed by atoms with Gasteiger partial charge in [0.15, 0.2) is 0 Å². The van der Waals surface area contributed by atoms with Gasteiger partial charge < -0.3 is 19.8 Å². The normalized spacial score (nSPS) is 19.4. The third kappa shape index (κ3) is 5.10. The number of nitrogens with zero attached hydrogens (tertiary/aromatic N) is 6. The minimum Gasteiger partial charge on any atom is -0.442 e. The van der Waals surface area contributed by atoms with E-state index in [1.165, 1.54) is 25.0 Å². The Bertz CT molecular complexity index is 1080. The number of carbonyl (C=O) groups is 2. The van der Waals surface area contributed by atoms with Gasteiger partial charge in [-0.25, -0.2) is 13.9 Å². The number of carbonyl (C=O) groups excluding carboxylic acids is 2. The van der Waals surface area contributed by atoms with Crippen LogP contribution in [0.25, 0.3) is 0 Å². The standard InChI is InChI=1S/C22H28FN7O4/c1-14(26-33-3)20-13-30(27-25-20)16-6-8-28(9-7-16)21-5-4-17(10-19(21)23)29-12-18(34-22(29)32)11-24-15(2)31/h4-5,10,13,16,18H,6-9,11-12H2,1-3H3,(H,24,31)/t18-/m0/s1. The summed E-state index contributed by atoms with van der Waals surface area (Å²) in [5.41, 5.74) is 2.23. The average Bonchev–Trinajstić information content (AvgIpc) is 3.45. The van der Waals surface area contributed by atoms with Gasteiger partial charge in [0.1, 0.15) is 30.4 Å². The van der Waals surface area contributed by atoms with Crippen LogP contribution in [0.5, 0.6) is 0 Å². The van der Waals surface area contributed by atoms with Gasteiger partial charge in [-0.15, -0.1) is 5.10 Å². The summed E-state index contributed by atoms with van der Waals surface area (Å²) in [4.78, 5) is 31.4. The summed E-state index contributed by atoms with van der Waals surface area (Å²) >= 11 is 0. The molecule has 12 heteroatoms. The van der Waals surface area contributed by atoms with Crippen LogP contribution in [0.3, 0.4) is 0 Å². The van der Waals surface area contributed by atoms with Crippen molar-refractivity contribution in [1.82, 2.24) is 20.3 Å². The molecule has 0 radical (unpaired) electrons. The maximum absolute atomic E-state index is 15.0. The maximum atomic E-state index is 15.0. The molecule has 1 N–H and O–H groups in total. The van der Waals surface area contributed by atoms with Gasteiger partial charge in [-0.05, 0) is 38.0 Å². The minimum absolute atomic E-state index is 0.162. The van der Waals surface area contributed by atoms with Crippen molar-refractivity contribution in [3.8, 4) is 0 Å². The molecule has 2 aliphatic heterocycles. The number of rotatable bonds is 7. The van der Waals surface area contributed by atoms with Gasteiger partial charge >= 0.3 is 6.09 Å². The predicted octanol–water partition coefficient (Wildman–Crippen LogP) is 2.09. The predicted molar refractivity (Wildman–Crippen MR) is 122 cm³/mol. The molecule has 2 aliphatic rings. The number of amides is 2. The SMILES string of the molecule is CON=C(C)c1cn(C2CCN(c3ccc(N4C[C@H](CNC(C)=O)OC4=O)cc3F)CC2)nn1. The fourth-order valence-corrected chi connectivity index (χ4v) is 4.19. The third-order valence-corrected chi connectivity index (χ3v) is 5.98. The summed E-state index contributed by atoms with van der Waals surface area (Å²) in [6, 6.07) is 4.92. The molecule has 1 atom stereocenters. The molecule has 2 fully saturated rings. The van der Waals surface area contributed by atoms with Crippen LogP contribution >= 0.6 is 0 Å². The molecule has 1 aromatic carbocycles. The van der Waals surface area contributed by atoms with Crippen molar-refractivity contribution in [2.75, 3.05) is 43.1 Å². The molecule has 2 saturated heterocycles. The van der Waals surface area contributed by atoms with E-state index in [9.17, 15) is 9.59 Å². The average molecular weight is 474 g/mol. The largest absolute Gasteiger partial charge is 0.442 e. The van der Waals surface area contributed by atoms with Gasteiger partial charge in [0, 0.05) is 20.0 Å². The number of halogens is 1. The van der Waals surface area contributed by atoms with Crippen molar-refractivity contribution in [1.29, 1.82) is 0 Å². The number of piperidine rings is 1. The Morgan fingerprint density at radius 2 is 2.09 bits per heavy atom. The van der Waals surface area contributed by atoms with E-state index in [1.807, 2.05) is 15.8 Å². The lowest BCUT2D eigenvalue weighted by atomic mass is 10.0. The van der Waals surface area contributed by atoms with E-state index in [1.54, 1.807) is 19.1 Å². The Morgan fingerprint density at radius 1 is 1.32 bits per heavy atom. The second-order valence-electron chi connectivity index (χ2n) is 8.35. The van der Waals surface area contributed by atoms with E-state index in [-0.39, 0.29) is 25.0 Å². The number of ether oxygens (including phenoxy) is 1. The Hall–Kier alpha value is -3.70. The second kappa shape index (κ2) is 10.1. The molecule has 11 nitrogen and oxygen atoms in total. The monoisotopic (exact) mass is 473 g/mol. The molecule has 34 heavy (non-hydrogen) atoms. The van der Waals surface area contributed by atoms with Crippen LogP contribution in [-0.2, 0) is 14.4 Å². The highest BCUT2D eigenvalue weighted by molar-refractivity contribution is 5.96. The number of hydrogen-bond donors (Lipinski definition) is 1. The zero-order valence-corrected chi connectivity index (χ0v) is 19.4. The molecule has 2 aromatic rings. The maximum Gasteiger partial charge on any atom is 0.414 e. The minimum atomic E-state index is -0.554. The molecule has 0 saturated carbocycles. The Balaban J connectivity index is 1.37. The number of cyclic esters (lactones) is 1. The van der Waals surface area contributed by atoms with E-state index >= 15 is 4.39 Å². The van der Waals surface area contributed by atoms with Crippen LogP contribution in [0.4, 0.5) is 20.6 Å². The van der Waals surface area contributed by atoms with Gasteiger partial charge in [0.2, 0.25) is 5.91 Å². The summed E-state index contributed by atoms with van der Waals surface area (Å²) in [6.45, 7) is 4.99. The summed E-state index contributed by atoms with van der Waals surface area (Å²) in [7, 11) is 1.48. The first-order valence-electron chi connectivity index (χ1n) is 11.1. The molecule has 0 aliphatic carbocycles. The lowest BCUT2D eigenvalue weighted by Gasteiger charge is -2.33. The number of nitrogens with one attached hydrogen (secondary N) is 1. The van der Waals surface area contributed by atoms with Gasteiger partial charge in [0.05, 0.1) is 36.7 Å². The number of benzene rings is 1. The lowest BCUT2D eigenvalue weighted by Crippen LogP contribution is -2.35. The van der Waals surface area contributed by atoms with Gasteiger partial charge in [0.25, 0.3) is 0 Å². The molecule has 2 amide bonds. The van der Waals surface area contributed by atoms with Crippen molar-refractivity contribution in [3.05, 3.63) is 35.9 Å². The Kier molecular flexibility index (Phi) is 6.94. The summed E-state index contributed by atoms with van der Waals surface area (Å²) in [5, 5.41) is 14.9. The Morgan fingerprint density at radius 3 is 2.76 bits per heavy atom. The zero-order valence-electron chi connectivity index (χ0n) is 19.4. The fraction of sp³-hybridized carbons (Fsp3) is 0.500. The smallest absolute Gasteiger partial charge is 0.414 e. The van der Waals surface area contributed by atoms with Crippen molar-refractivity contribution in [2.24, 2.45) is 5.16 Å². The highest BCUT2D eigenvalue weighted by Crippen LogP contribution is 2.31. The van der Waals surface area contributed by atoms with Crippen molar-refractivity contribution in [3.63, 3.8) is 0 Å². The van der Waals surface area contributed by atoms with Gasteiger partial charge in [-0.1, -0.05) is 10.4 Å². The first kappa shape index (κ1) is 23.5. The van der Waals surface area contributed by atoms with Crippen LogP contribution in [0.1, 0.15) is 38.4 Å². The zero-order chi connectivity index (χ0) is 24.2. The van der Waals surface area contributed by atoms with Gasteiger partial charge in [-0.2, -0.15) is 0 Å². The molecule has 4 rings (SSSR count). The molecule has 0 bridgehead atoms. The number of anilines is 2. The summed E-state index contributed by atoms with van der Waals surface area (Å²) in [5.74, 6) is -0.600. The third-order valence-electron chi connectivity index (χ3n) is 5.98. The highest BCUT2D eigenvalue weighted by Gasteiger charge is 2.33. The van der Waals surface area contributed by atoms with Crippen LogP contribution in [0.15, 0.2) is 29.6 Å². The first-order chi connectivity index (χ1) is 16.4. The fourth-order valence-electron chi connectivity index (χ4n) is 4.19. The molecular weight excluding hydrogens is 445 g/mol. The highest BCUT2D eigenvalue weighted by atomic mass is 19.1. The molecule has 182 valence electrons. The number of aromatic nitrogens is 3.